The van der Waals surface area contributed by atoms with Crippen LogP contribution in [0, 0.1) is 0 Å². The minimum Gasteiger partial charge on any atom is -0.356 e. The van der Waals surface area contributed by atoms with Crippen molar-refractivity contribution in [3.05, 3.63) is 108 Å². The highest BCUT2D eigenvalue weighted by atomic mass is 16.2. The molecule has 0 bridgehead atoms. The lowest BCUT2D eigenvalue weighted by Crippen LogP contribution is -2.32. The number of nitrogens with zero attached hydrogens (tertiary/aromatic N) is 7. The lowest BCUT2D eigenvalue weighted by atomic mass is 10.3. The van der Waals surface area contributed by atoms with E-state index < -0.39 is 35.4 Å². The summed E-state index contributed by atoms with van der Waals surface area (Å²) in [4.78, 5) is 105. The van der Waals surface area contributed by atoms with Gasteiger partial charge in [0.25, 0.3) is 35.4 Å². The Bertz CT molecular complexity index is 2950. The lowest BCUT2D eigenvalue weighted by molar-refractivity contribution is -0.121. The van der Waals surface area contributed by atoms with Crippen molar-refractivity contribution in [2.45, 2.75) is 19.8 Å². The first-order chi connectivity index (χ1) is 32.6. The van der Waals surface area contributed by atoms with Gasteiger partial charge in [0.1, 0.15) is 34.2 Å². The maximum Gasteiger partial charge on any atom is 0.272 e. The summed E-state index contributed by atoms with van der Waals surface area (Å²) in [5, 5.41) is 22.1. The summed E-state index contributed by atoms with van der Waals surface area (Å²) in [5.74, 6) is -3.31. The van der Waals surface area contributed by atoms with Gasteiger partial charge in [-0.05, 0) is 63.5 Å². The highest BCUT2D eigenvalue weighted by Crippen LogP contribution is 2.23. The minimum atomic E-state index is -0.516. The van der Waals surface area contributed by atoms with Gasteiger partial charge >= 0.3 is 0 Å². The molecule has 0 aliphatic carbocycles. The number of nitrogens with one attached hydrogen (secondary N) is 8. The van der Waals surface area contributed by atoms with Gasteiger partial charge < -0.3 is 74.8 Å². The first kappa shape index (κ1) is 49.8. The van der Waals surface area contributed by atoms with E-state index in [1.54, 1.807) is 93.2 Å². The molecule has 69 heavy (non-hydrogen) atoms. The van der Waals surface area contributed by atoms with Gasteiger partial charge in [-0.3, -0.25) is 38.4 Å². The summed E-state index contributed by atoms with van der Waals surface area (Å²) in [6.45, 7) is 2.91. The Labute approximate surface area is 397 Å². The Balaban J connectivity index is 0.999. The number of rotatable bonds is 19. The fourth-order valence-electron chi connectivity index (χ4n) is 7.42. The molecule has 8 N–H and O–H groups in total. The standard InChI is InChI=1S/C46H57N15O8/c1-27(62)49-28-15-35(57(5)21-28)42(65)51-30-17-37(59(7)23-30)44(67)53-32-19-39(61(9)25-32)46(69)54-33-20-38(60(8)26-33)45(68)52-31-18-36(58(6)24-31)43(66)50-29-16-34(56(4)22-29)41(64)48-13-11-40(63)47-12-10-14-55(2)3/h15-26H,10-14H2,1-9H3,(H,47,63)(H,48,64)(H,49,62)(H,50,66)(H,51,65)(H,52,68)(H,53,67)(H,54,69). The van der Waals surface area contributed by atoms with Crippen LogP contribution in [-0.4, -0.2) is 113 Å². The molecule has 0 aliphatic heterocycles. The van der Waals surface area contributed by atoms with Gasteiger partial charge in [-0.15, -0.1) is 0 Å². The number of aromatic nitrogens is 6. The number of carbonyl (C=O) groups is 8. The monoisotopic (exact) mass is 947 g/mol. The zero-order valence-corrected chi connectivity index (χ0v) is 39.9. The van der Waals surface area contributed by atoms with Gasteiger partial charge in [-0.1, -0.05) is 0 Å². The van der Waals surface area contributed by atoms with Crippen LogP contribution in [0.1, 0.15) is 82.7 Å². The topological polar surface area (TPSA) is 266 Å². The molecule has 0 aromatic carbocycles. The van der Waals surface area contributed by atoms with E-state index in [2.05, 4.69) is 42.5 Å². The SMILES string of the molecule is CC(=O)Nc1cc(C(=O)Nc2cc(C(=O)Nc3cc(C(=O)Nc4cc(C(=O)Nc5cc(C(=O)Nc6cc(C(=O)NCCC(=O)NCCCN(C)C)n(C)c6)n(C)c5)n(C)c4)n(C)c3)n(C)c2)n(C)c1. The molecular weight excluding hydrogens is 891 g/mol. The molecule has 0 radical (unpaired) electrons. The molecule has 23 heteroatoms. The van der Waals surface area contributed by atoms with Crippen LogP contribution in [0.15, 0.2) is 73.6 Å². The van der Waals surface area contributed by atoms with Crippen molar-refractivity contribution >= 4 is 81.4 Å². The minimum absolute atomic E-state index is 0.127. The largest absolute Gasteiger partial charge is 0.356 e. The average molecular weight is 948 g/mol. The quantitative estimate of drug-likeness (QED) is 0.0554. The van der Waals surface area contributed by atoms with E-state index in [1.165, 1.54) is 57.0 Å². The number of amides is 8. The third kappa shape index (κ3) is 12.6. The van der Waals surface area contributed by atoms with Crippen LogP contribution < -0.4 is 42.5 Å². The summed E-state index contributed by atoms with van der Waals surface area (Å²) in [7, 11) is 13.8. The van der Waals surface area contributed by atoms with E-state index in [-0.39, 0.29) is 58.9 Å². The average Bonchev–Trinajstić information content (AvgIpc) is 4.12. The number of anilines is 6. The molecule has 0 atom stereocenters. The maximum absolute atomic E-state index is 13.5. The molecule has 0 fully saturated rings. The molecule has 23 nitrogen and oxygen atoms in total. The third-order valence-electron chi connectivity index (χ3n) is 10.8. The highest BCUT2D eigenvalue weighted by Gasteiger charge is 2.22. The normalized spacial score (nSPS) is 11.0. The molecule has 0 spiro atoms. The van der Waals surface area contributed by atoms with Gasteiger partial charge in [0.15, 0.2) is 0 Å². The van der Waals surface area contributed by atoms with Crippen molar-refractivity contribution in [1.29, 1.82) is 0 Å². The van der Waals surface area contributed by atoms with Crippen LogP contribution in [0.25, 0.3) is 0 Å². The number of hydrogen-bond donors (Lipinski definition) is 8. The van der Waals surface area contributed by atoms with Crippen LogP contribution in [0.4, 0.5) is 34.1 Å². The Morgan fingerprint density at radius 1 is 0.406 bits per heavy atom. The molecular formula is C46H57N15O8. The number of carbonyl (C=O) groups excluding carboxylic acids is 8. The predicted molar refractivity (Wildman–Crippen MR) is 260 cm³/mol. The second kappa shape index (κ2) is 21.4. The van der Waals surface area contributed by atoms with Crippen molar-refractivity contribution in [2.75, 3.05) is 65.6 Å². The third-order valence-corrected chi connectivity index (χ3v) is 10.8. The van der Waals surface area contributed by atoms with Gasteiger partial charge in [-0.25, -0.2) is 0 Å². The second-order valence-corrected chi connectivity index (χ2v) is 16.8. The van der Waals surface area contributed by atoms with Crippen LogP contribution in [0.3, 0.4) is 0 Å². The molecule has 364 valence electrons. The molecule has 6 aromatic rings. The smallest absolute Gasteiger partial charge is 0.272 e. The number of hydrogen-bond acceptors (Lipinski definition) is 9. The van der Waals surface area contributed by atoms with Crippen molar-refractivity contribution in [3.8, 4) is 0 Å². The molecule has 6 rings (SSSR count). The first-order valence-corrected chi connectivity index (χ1v) is 21.7. The Hall–Kier alpha value is -8.60. The van der Waals surface area contributed by atoms with Crippen molar-refractivity contribution in [1.82, 2.24) is 42.9 Å². The van der Waals surface area contributed by atoms with Gasteiger partial charge in [0.05, 0.1) is 34.1 Å². The van der Waals surface area contributed by atoms with Crippen molar-refractivity contribution < 1.29 is 38.4 Å². The van der Waals surface area contributed by atoms with Crippen LogP contribution in [0.2, 0.25) is 0 Å². The van der Waals surface area contributed by atoms with E-state index in [0.717, 1.165) is 13.0 Å². The Morgan fingerprint density at radius 3 is 0.957 bits per heavy atom. The maximum atomic E-state index is 13.5. The van der Waals surface area contributed by atoms with Crippen LogP contribution in [0.5, 0.6) is 0 Å². The summed E-state index contributed by atoms with van der Waals surface area (Å²) < 4.78 is 9.27. The molecule has 0 saturated carbocycles. The predicted octanol–water partition coefficient (Wildman–Crippen LogP) is 3.13. The van der Waals surface area contributed by atoms with E-state index in [4.69, 9.17) is 0 Å². The number of aryl methyl sites for hydroxylation is 6. The zero-order chi connectivity index (χ0) is 50.3. The summed E-state index contributed by atoms with van der Waals surface area (Å²) in [6.07, 6.45) is 10.4. The Kier molecular flexibility index (Phi) is 15.4. The van der Waals surface area contributed by atoms with Crippen LogP contribution in [-0.2, 0) is 51.9 Å². The van der Waals surface area contributed by atoms with E-state index in [0.29, 0.717) is 40.7 Å². The fourth-order valence-corrected chi connectivity index (χ4v) is 7.42. The zero-order valence-electron chi connectivity index (χ0n) is 39.9. The summed E-state index contributed by atoms with van der Waals surface area (Å²) >= 11 is 0. The molecule has 6 aromatic heterocycles. The van der Waals surface area contributed by atoms with Crippen molar-refractivity contribution in [2.24, 2.45) is 42.3 Å². The van der Waals surface area contributed by atoms with Gasteiger partial charge in [-0.2, -0.15) is 0 Å². The Morgan fingerprint density at radius 2 is 0.681 bits per heavy atom. The van der Waals surface area contributed by atoms with E-state index in [1.807, 2.05) is 19.0 Å². The molecule has 0 unspecified atom stereocenters. The van der Waals surface area contributed by atoms with E-state index >= 15 is 0 Å². The van der Waals surface area contributed by atoms with Crippen LogP contribution >= 0.6 is 0 Å². The van der Waals surface area contributed by atoms with Crippen molar-refractivity contribution in [3.63, 3.8) is 0 Å². The molecule has 6 heterocycles. The van der Waals surface area contributed by atoms with E-state index in [9.17, 15) is 38.4 Å². The first-order valence-electron chi connectivity index (χ1n) is 21.7. The molecule has 0 saturated heterocycles. The summed E-state index contributed by atoms with van der Waals surface area (Å²) in [5.41, 5.74) is 3.58. The molecule has 8 amide bonds. The fraction of sp³-hybridized carbons (Fsp3) is 0.304. The lowest BCUT2D eigenvalue weighted by Gasteiger charge is -2.10. The van der Waals surface area contributed by atoms with Gasteiger partial charge in [0.2, 0.25) is 11.8 Å². The summed E-state index contributed by atoms with van der Waals surface area (Å²) in [6, 6.07) is 9.05. The molecule has 0 aliphatic rings. The van der Waals surface area contributed by atoms with Gasteiger partial charge in [0, 0.05) is 106 Å². The highest BCUT2D eigenvalue weighted by molar-refractivity contribution is 6.10. The second-order valence-electron chi connectivity index (χ2n) is 16.8.